The van der Waals surface area contributed by atoms with Crippen molar-refractivity contribution in [3.05, 3.63) is 0 Å². The number of rotatable bonds is 38. The molecule has 0 heterocycles. The minimum atomic E-state index is -0.636. The normalized spacial score (nSPS) is 12.0. The standard InChI is InChI=1S/C35H68O11/c1-3-5-7-9-11-13-15-17-34(37)45-32-33(46-35(38)18-16-14-12-10-8-6-4-2)31-44-30-29-43-28-27-42-26-25-41-24-23-40-22-21-39-20-19-36/h33,36H,3-32H2,1-2H3. The van der Waals surface area contributed by atoms with E-state index in [1.807, 2.05) is 0 Å². The Morgan fingerprint density at radius 1 is 0.457 bits per heavy atom. The summed E-state index contributed by atoms with van der Waals surface area (Å²) < 4.78 is 43.7. The molecule has 274 valence electrons. The molecule has 0 aromatic heterocycles. The summed E-state index contributed by atoms with van der Waals surface area (Å²) in [6.45, 7) is 9.26. The highest BCUT2D eigenvalue weighted by Gasteiger charge is 2.17. The van der Waals surface area contributed by atoms with Gasteiger partial charge in [0.05, 0.1) is 85.9 Å². The summed E-state index contributed by atoms with van der Waals surface area (Å²) in [5, 5.41) is 8.62. The maximum absolute atomic E-state index is 12.5. The van der Waals surface area contributed by atoms with Crippen molar-refractivity contribution in [2.45, 2.75) is 123 Å². The van der Waals surface area contributed by atoms with E-state index in [1.54, 1.807) is 0 Å². The summed E-state index contributed by atoms with van der Waals surface area (Å²) in [4.78, 5) is 24.7. The van der Waals surface area contributed by atoms with Crippen LogP contribution in [0.2, 0.25) is 0 Å². The van der Waals surface area contributed by atoms with Gasteiger partial charge in [0.2, 0.25) is 0 Å². The van der Waals surface area contributed by atoms with E-state index in [1.165, 1.54) is 51.4 Å². The first-order valence-electron chi connectivity index (χ1n) is 18.1. The van der Waals surface area contributed by atoms with Crippen LogP contribution in [-0.4, -0.2) is 116 Å². The summed E-state index contributed by atoms with van der Waals surface area (Å²) in [5.74, 6) is -0.539. The van der Waals surface area contributed by atoms with Crippen molar-refractivity contribution < 1.29 is 52.6 Å². The average Bonchev–Trinajstić information content (AvgIpc) is 3.05. The summed E-state index contributed by atoms with van der Waals surface area (Å²) in [6, 6.07) is 0. The molecule has 0 fully saturated rings. The van der Waals surface area contributed by atoms with Gasteiger partial charge in [0.15, 0.2) is 6.10 Å². The maximum atomic E-state index is 12.5. The van der Waals surface area contributed by atoms with Gasteiger partial charge in [-0.25, -0.2) is 0 Å². The quantitative estimate of drug-likeness (QED) is 0.0634. The smallest absolute Gasteiger partial charge is 0.306 e. The molecule has 0 radical (unpaired) electrons. The molecule has 0 aliphatic heterocycles. The lowest BCUT2D eigenvalue weighted by Gasteiger charge is -2.18. The van der Waals surface area contributed by atoms with Crippen LogP contribution < -0.4 is 0 Å². The van der Waals surface area contributed by atoms with Crippen molar-refractivity contribution in [3.8, 4) is 0 Å². The Balaban J connectivity index is 4.04. The van der Waals surface area contributed by atoms with Crippen LogP contribution in [0.25, 0.3) is 0 Å². The van der Waals surface area contributed by atoms with Gasteiger partial charge in [-0.2, -0.15) is 0 Å². The molecule has 0 aromatic rings. The van der Waals surface area contributed by atoms with Gasteiger partial charge < -0.3 is 43.0 Å². The predicted molar refractivity (Wildman–Crippen MR) is 178 cm³/mol. The van der Waals surface area contributed by atoms with Gasteiger partial charge in [-0.3, -0.25) is 9.59 Å². The molecule has 1 atom stereocenters. The number of carbonyl (C=O) groups is 2. The van der Waals surface area contributed by atoms with Crippen molar-refractivity contribution in [2.75, 3.05) is 92.5 Å². The van der Waals surface area contributed by atoms with Crippen molar-refractivity contribution in [1.82, 2.24) is 0 Å². The van der Waals surface area contributed by atoms with E-state index in [0.717, 1.165) is 38.5 Å². The molecule has 1 unspecified atom stereocenters. The number of carbonyl (C=O) groups excluding carboxylic acids is 2. The highest BCUT2D eigenvalue weighted by atomic mass is 16.6. The fourth-order valence-corrected chi connectivity index (χ4v) is 4.45. The molecule has 11 heteroatoms. The maximum Gasteiger partial charge on any atom is 0.306 e. The summed E-state index contributed by atoms with van der Waals surface area (Å²) in [5.41, 5.74) is 0. The Kier molecular flexibility index (Phi) is 37.0. The molecule has 0 bridgehead atoms. The first kappa shape index (κ1) is 44.7. The molecule has 0 rings (SSSR count). The topological polar surface area (TPSA) is 128 Å². The molecular weight excluding hydrogens is 596 g/mol. The third-order valence-corrected chi connectivity index (χ3v) is 7.10. The van der Waals surface area contributed by atoms with Crippen LogP contribution in [0.1, 0.15) is 117 Å². The van der Waals surface area contributed by atoms with Gasteiger partial charge in [-0.15, -0.1) is 0 Å². The van der Waals surface area contributed by atoms with Gasteiger partial charge in [0.25, 0.3) is 0 Å². The van der Waals surface area contributed by atoms with Crippen LogP contribution >= 0.6 is 0 Å². The molecule has 0 aliphatic carbocycles. The van der Waals surface area contributed by atoms with E-state index < -0.39 is 6.10 Å². The summed E-state index contributed by atoms with van der Waals surface area (Å²) in [7, 11) is 0. The third-order valence-electron chi connectivity index (χ3n) is 7.10. The number of aliphatic hydroxyl groups is 1. The first-order chi connectivity index (χ1) is 22.6. The van der Waals surface area contributed by atoms with Crippen LogP contribution in [0.4, 0.5) is 0 Å². The number of ether oxygens (including phenoxy) is 8. The minimum absolute atomic E-state index is 0.0000276. The minimum Gasteiger partial charge on any atom is -0.462 e. The Morgan fingerprint density at radius 3 is 1.26 bits per heavy atom. The fraction of sp³-hybridized carbons (Fsp3) is 0.943. The summed E-state index contributed by atoms with van der Waals surface area (Å²) in [6.07, 6.45) is 15.9. The Bertz CT molecular complexity index is 636. The molecule has 0 saturated heterocycles. The van der Waals surface area contributed by atoms with E-state index >= 15 is 0 Å². The van der Waals surface area contributed by atoms with E-state index in [0.29, 0.717) is 85.5 Å². The van der Waals surface area contributed by atoms with E-state index in [-0.39, 0.29) is 31.8 Å². The van der Waals surface area contributed by atoms with Gasteiger partial charge >= 0.3 is 11.9 Å². The number of hydrogen-bond donors (Lipinski definition) is 1. The number of esters is 2. The Hall–Kier alpha value is -1.34. The summed E-state index contributed by atoms with van der Waals surface area (Å²) >= 11 is 0. The van der Waals surface area contributed by atoms with E-state index in [2.05, 4.69) is 13.8 Å². The molecule has 0 spiro atoms. The predicted octanol–water partition coefficient (Wildman–Crippen LogP) is 5.81. The van der Waals surface area contributed by atoms with Crippen molar-refractivity contribution in [3.63, 3.8) is 0 Å². The second-order valence-electron chi connectivity index (χ2n) is 11.4. The van der Waals surface area contributed by atoms with Crippen LogP contribution in [0.5, 0.6) is 0 Å². The third kappa shape index (κ3) is 35.5. The molecule has 0 aromatic carbocycles. The zero-order valence-electron chi connectivity index (χ0n) is 29.3. The van der Waals surface area contributed by atoms with Crippen LogP contribution in [0, 0.1) is 0 Å². The largest absolute Gasteiger partial charge is 0.462 e. The van der Waals surface area contributed by atoms with Crippen LogP contribution in [0.3, 0.4) is 0 Å². The number of hydrogen-bond acceptors (Lipinski definition) is 11. The molecule has 1 N–H and O–H groups in total. The molecule has 0 saturated carbocycles. The second kappa shape index (κ2) is 38.1. The van der Waals surface area contributed by atoms with Gasteiger partial charge in [0.1, 0.15) is 6.61 Å². The lowest BCUT2D eigenvalue weighted by Crippen LogP contribution is -2.30. The van der Waals surface area contributed by atoms with Gasteiger partial charge in [-0.1, -0.05) is 90.9 Å². The van der Waals surface area contributed by atoms with Crippen LogP contribution in [0.15, 0.2) is 0 Å². The number of aliphatic hydroxyl groups excluding tert-OH is 1. The molecule has 11 nitrogen and oxygen atoms in total. The zero-order valence-corrected chi connectivity index (χ0v) is 29.3. The Labute approximate surface area is 279 Å². The van der Waals surface area contributed by atoms with Crippen LogP contribution in [-0.2, 0) is 47.5 Å². The zero-order chi connectivity index (χ0) is 33.6. The number of unbranched alkanes of at least 4 members (excludes halogenated alkanes) is 12. The first-order valence-corrected chi connectivity index (χ1v) is 18.1. The van der Waals surface area contributed by atoms with E-state index in [9.17, 15) is 9.59 Å². The van der Waals surface area contributed by atoms with Gasteiger partial charge in [0, 0.05) is 12.8 Å². The molecular formula is C35H68O11. The van der Waals surface area contributed by atoms with Gasteiger partial charge in [-0.05, 0) is 12.8 Å². The SMILES string of the molecule is CCCCCCCCCC(=O)OCC(COCCOCCOCCOCCOCCOCCO)OC(=O)CCCCCCCCC. The lowest BCUT2D eigenvalue weighted by atomic mass is 10.1. The van der Waals surface area contributed by atoms with Crippen molar-refractivity contribution in [1.29, 1.82) is 0 Å². The molecule has 46 heavy (non-hydrogen) atoms. The monoisotopic (exact) mass is 664 g/mol. The highest BCUT2D eigenvalue weighted by Crippen LogP contribution is 2.11. The lowest BCUT2D eigenvalue weighted by molar-refractivity contribution is -0.163. The molecule has 0 amide bonds. The highest BCUT2D eigenvalue weighted by molar-refractivity contribution is 5.70. The molecule has 0 aliphatic rings. The Morgan fingerprint density at radius 2 is 0.826 bits per heavy atom. The second-order valence-corrected chi connectivity index (χ2v) is 11.4. The van der Waals surface area contributed by atoms with Crippen molar-refractivity contribution in [2.24, 2.45) is 0 Å². The fourth-order valence-electron chi connectivity index (χ4n) is 4.45. The van der Waals surface area contributed by atoms with Crippen molar-refractivity contribution >= 4 is 11.9 Å². The average molecular weight is 665 g/mol. The van der Waals surface area contributed by atoms with E-state index in [4.69, 9.17) is 43.0 Å².